The Morgan fingerprint density at radius 2 is 1.03 bits per heavy atom. The molecule has 0 aromatic heterocycles. The number of aryl methyl sites for hydroxylation is 1. The molecule has 4 aromatic rings. The summed E-state index contributed by atoms with van der Waals surface area (Å²) in [5, 5.41) is 0. The fourth-order valence-corrected chi connectivity index (χ4v) is 6.14. The summed E-state index contributed by atoms with van der Waals surface area (Å²) in [7, 11) is 0. The molecule has 0 saturated heterocycles. The van der Waals surface area contributed by atoms with E-state index in [0.29, 0.717) is 11.8 Å². The number of benzene rings is 4. The monoisotopic (exact) mass is 415 g/mol. The zero-order valence-corrected chi connectivity index (χ0v) is 18.4. The van der Waals surface area contributed by atoms with E-state index >= 15 is 0 Å². The maximum atomic E-state index is 5.75. The summed E-state index contributed by atoms with van der Waals surface area (Å²) < 4.78 is 0. The van der Waals surface area contributed by atoms with E-state index in [4.69, 9.17) is 5.73 Å². The van der Waals surface area contributed by atoms with Gasteiger partial charge in [0.15, 0.2) is 0 Å². The van der Waals surface area contributed by atoms with Crippen molar-refractivity contribution in [2.45, 2.75) is 37.5 Å². The highest BCUT2D eigenvalue weighted by Crippen LogP contribution is 2.58. The van der Waals surface area contributed by atoms with Gasteiger partial charge in [0.1, 0.15) is 0 Å². The summed E-state index contributed by atoms with van der Waals surface area (Å²) in [4.78, 5) is 0. The minimum absolute atomic E-state index is 0.356. The normalized spacial score (nSPS) is 15.8. The first-order valence-electron chi connectivity index (χ1n) is 12.0. The molecule has 2 aliphatic carbocycles. The maximum absolute atomic E-state index is 5.75. The Hall–Kier alpha value is -3.16. The molecule has 1 nitrogen and oxygen atoms in total. The third kappa shape index (κ3) is 2.96. The highest BCUT2D eigenvalue weighted by molar-refractivity contribution is 5.85. The number of fused-ring (bicyclic) bond motifs is 6. The number of hydrogen-bond acceptors (Lipinski definition) is 1. The van der Waals surface area contributed by atoms with Crippen LogP contribution in [0.1, 0.15) is 58.9 Å². The Balaban J connectivity index is 1.54. The van der Waals surface area contributed by atoms with Gasteiger partial charge in [-0.25, -0.2) is 0 Å². The third-order valence-corrected chi connectivity index (χ3v) is 7.46. The van der Waals surface area contributed by atoms with Crippen molar-refractivity contribution in [1.29, 1.82) is 0 Å². The van der Waals surface area contributed by atoms with Gasteiger partial charge >= 0.3 is 0 Å². The van der Waals surface area contributed by atoms with Crippen LogP contribution in [0.3, 0.4) is 0 Å². The lowest BCUT2D eigenvalue weighted by molar-refractivity contribution is 0.671. The van der Waals surface area contributed by atoms with Gasteiger partial charge in [0.05, 0.1) is 0 Å². The first-order valence-corrected chi connectivity index (χ1v) is 12.0. The molecule has 1 unspecified atom stereocenters. The van der Waals surface area contributed by atoms with Crippen LogP contribution in [0.25, 0.3) is 22.3 Å². The minimum atomic E-state index is 0.356. The van der Waals surface area contributed by atoms with Crippen molar-refractivity contribution in [3.63, 3.8) is 0 Å². The van der Waals surface area contributed by atoms with Crippen LogP contribution in [0, 0.1) is 0 Å². The Morgan fingerprint density at radius 3 is 1.66 bits per heavy atom. The van der Waals surface area contributed by atoms with E-state index in [2.05, 4.69) is 91.0 Å². The van der Waals surface area contributed by atoms with Gasteiger partial charge in [0.2, 0.25) is 0 Å². The number of nitrogens with two attached hydrogens (primary N) is 1. The zero-order chi connectivity index (χ0) is 21.5. The van der Waals surface area contributed by atoms with Crippen LogP contribution in [0.2, 0.25) is 0 Å². The van der Waals surface area contributed by atoms with E-state index in [1.807, 2.05) is 0 Å². The van der Waals surface area contributed by atoms with Gasteiger partial charge in [0, 0.05) is 11.8 Å². The Labute approximate surface area is 190 Å². The average Bonchev–Trinajstić information content (AvgIpc) is 3.35. The highest BCUT2D eigenvalue weighted by Gasteiger charge is 2.41. The van der Waals surface area contributed by atoms with Crippen LogP contribution >= 0.6 is 0 Å². The maximum Gasteiger partial charge on any atom is 0.0214 e. The standard InChI is InChI=1S/C31H29N/c32-20-9-1-2-11-21-12-10-19-25-24-15-5-8-18-28(24)31(29(21)25)30-26-16-6-3-13-22(26)23-14-4-7-17-27(23)30/h3-8,10,12-19,30-31H,1-2,9,11,20,32H2. The Bertz CT molecular complexity index is 1240. The van der Waals surface area contributed by atoms with Gasteiger partial charge < -0.3 is 5.73 Å². The van der Waals surface area contributed by atoms with E-state index < -0.39 is 0 Å². The van der Waals surface area contributed by atoms with E-state index in [-0.39, 0.29) is 0 Å². The molecule has 32 heavy (non-hydrogen) atoms. The predicted octanol–water partition coefficient (Wildman–Crippen LogP) is 7.28. The molecule has 1 heteroatoms. The second kappa shape index (κ2) is 8.07. The molecule has 0 radical (unpaired) electrons. The van der Waals surface area contributed by atoms with E-state index in [9.17, 15) is 0 Å². The lowest BCUT2D eigenvalue weighted by Crippen LogP contribution is -2.12. The fourth-order valence-electron chi connectivity index (χ4n) is 6.14. The van der Waals surface area contributed by atoms with Gasteiger partial charge in [-0.05, 0) is 75.9 Å². The zero-order valence-electron chi connectivity index (χ0n) is 18.4. The second-order valence-electron chi connectivity index (χ2n) is 9.19. The molecule has 0 bridgehead atoms. The molecule has 4 aromatic carbocycles. The van der Waals surface area contributed by atoms with Crippen molar-refractivity contribution in [2.75, 3.05) is 6.54 Å². The number of unbranched alkanes of at least 4 members (excludes halogenated alkanes) is 2. The molecule has 0 amide bonds. The summed E-state index contributed by atoms with van der Waals surface area (Å²) in [6, 6.07) is 34.1. The third-order valence-electron chi connectivity index (χ3n) is 7.46. The molecule has 2 aliphatic rings. The molecule has 0 aliphatic heterocycles. The van der Waals surface area contributed by atoms with Crippen molar-refractivity contribution >= 4 is 0 Å². The van der Waals surface area contributed by atoms with Crippen molar-refractivity contribution in [2.24, 2.45) is 5.73 Å². The van der Waals surface area contributed by atoms with Crippen LogP contribution in [0.5, 0.6) is 0 Å². The average molecular weight is 416 g/mol. The van der Waals surface area contributed by atoms with Crippen molar-refractivity contribution in [3.05, 3.63) is 119 Å². The molecular weight excluding hydrogens is 386 g/mol. The van der Waals surface area contributed by atoms with Crippen molar-refractivity contribution < 1.29 is 0 Å². The smallest absolute Gasteiger partial charge is 0.0214 e. The summed E-state index contributed by atoms with van der Waals surface area (Å²) >= 11 is 0. The topological polar surface area (TPSA) is 26.0 Å². The predicted molar refractivity (Wildman–Crippen MR) is 134 cm³/mol. The minimum Gasteiger partial charge on any atom is -0.330 e. The number of rotatable bonds is 6. The molecule has 2 N–H and O–H groups in total. The van der Waals surface area contributed by atoms with E-state index in [0.717, 1.165) is 19.4 Å². The summed E-state index contributed by atoms with van der Waals surface area (Å²) in [6.45, 7) is 0.788. The quantitative estimate of drug-likeness (QED) is 0.329. The molecule has 6 rings (SSSR count). The lowest BCUT2D eigenvalue weighted by Gasteiger charge is -2.26. The Morgan fingerprint density at radius 1 is 0.500 bits per heavy atom. The van der Waals surface area contributed by atoms with Crippen molar-refractivity contribution in [3.8, 4) is 22.3 Å². The molecule has 0 fully saturated rings. The highest BCUT2D eigenvalue weighted by atomic mass is 14.5. The van der Waals surface area contributed by atoms with Crippen LogP contribution < -0.4 is 5.73 Å². The van der Waals surface area contributed by atoms with Gasteiger partial charge in [-0.3, -0.25) is 0 Å². The molecule has 158 valence electrons. The lowest BCUT2D eigenvalue weighted by atomic mass is 9.77. The van der Waals surface area contributed by atoms with Gasteiger partial charge in [-0.1, -0.05) is 97.4 Å². The first kappa shape index (κ1) is 19.5. The van der Waals surface area contributed by atoms with Crippen molar-refractivity contribution in [1.82, 2.24) is 0 Å². The Kier molecular flexibility index (Phi) is 4.92. The molecule has 1 atom stereocenters. The first-order chi connectivity index (χ1) is 15.9. The second-order valence-corrected chi connectivity index (χ2v) is 9.19. The van der Waals surface area contributed by atoms with Gasteiger partial charge in [-0.15, -0.1) is 0 Å². The van der Waals surface area contributed by atoms with Gasteiger partial charge in [-0.2, -0.15) is 0 Å². The van der Waals surface area contributed by atoms with Crippen LogP contribution in [-0.4, -0.2) is 6.54 Å². The van der Waals surface area contributed by atoms with Gasteiger partial charge in [0.25, 0.3) is 0 Å². The summed E-state index contributed by atoms with van der Waals surface area (Å²) in [5.74, 6) is 0.715. The molecular formula is C31H29N. The largest absolute Gasteiger partial charge is 0.330 e. The van der Waals surface area contributed by atoms with E-state index in [1.54, 1.807) is 5.56 Å². The fraction of sp³-hybridized carbons (Fsp3) is 0.226. The van der Waals surface area contributed by atoms with Crippen LogP contribution in [-0.2, 0) is 6.42 Å². The summed E-state index contributed by atoms with van der Waals surface area (Å²) in [6.07, 6.45) is 4.65. The van der Waals surface area contributed by atoms with Crippen LogP contribution in [0.4, 0.5) is 0 Å². The van der Waals surface area contributed by atoms with E-state index in [1.165, 1.54) is 57.3 Å². The van der Waals surface area contributed by atoms with Crippen LogP contribution in [0.15, 0.2) is 91.0 Å². The summed E-state index contributed by atoms with van der Waals surface area (Å²) in [5.41, 5.74) is 18.9. The molecule has 0 saturated carbocycles. The number of hydrogen-bond donors (Lipinski definition) is 1. The molecule has 0 heterocycles. The molecule has 0 spiro atoms. The SMILES string of the molecule is NCCCCCc1cccc2c1C(C1c3ccccc3-c3ccccc31)c1ccccc1-2.